The van der Waals surface area contributed by atoms with E-state index in [4.69, 9.17) is 0 Å². The second-order valence-electron chi connectivity index (χ2n) is 5.42. The van der Waals surface area contributed by atoms with Gasteiger partial charge in [-0.3, -0.25) is 4.79 Å². The minimum Gasteiger partial charge on any atom is -0.354 e. The molecule has 1 aromatic carbocycles. The lowest BCUT2D eigenvalue weighted by molar-refractivity contribution is 0.0957. The first-order chi connectivity index (χ1) is 10.1. The Balaban J connectivity index is 2.01. The summed E-state index contributed by atoms with van der Waals surface area (Å²) in [5.74, 6) is 0.472. The molecule has 1 aromatic heterocycles. The Morgan fingerprint density at radius 2 is 1.95 bits per heavy atom. The maximum atomic E-state index is 11.5. The first-order valence-electron chi connectivity index (χ1n) is 7.18. The Morgan fingerprint density at radius 3 is 2.57 bits per heavy atom. The van der Waals surface area contributed by atoms with Crippen molar-refractivity contribution in [2.75, 3.05) is 13.6 Å². The van der Waals surface area contributed by atoms with Gasteiger partial charge in [-0.2, -0.15) is 5.10 Å². The first-order valence-corrected chi connectivity index (χ1v) is 7.18. The van der Waals surface area contributed by atoms with Crippen molar-refractivity contribution in [1.29, 1.82) is 0 Å². The van der Waals surface area contributed by atoms with E-state index < -0.39 is 0 Å². The fourth-order valence-corrected chi connectivity index (χ4v) is 1.99. The van der Waals surface area contributed by atoms with Crippen molar-refractivity contribution in [2.24, 2.45) is 5.92 Å². The molecule has 1 heterocycles. The molecular weight excluding hydrogens is 264 g/mol. The molecule has 0 bridgehead atoms. The van der Waals surface area contributed by atoms with Gasteiger partial charge in [0, 0.05) is 19.8 Å². The Morgan fingerprint density at radius 1 is 1.24 bits per heavy atom. The number of hydrogen-bond acceptors (Lipinski definition) is 3. The summed E-state index contributed by atoms with van der Waals surface area (Å²) in [6.45, 7) is 6.26. The van der Waals surface area contributed by atoms with Crippen LogP contribution in [-0.4, -0.2) is 29.3 Å². The molecule has 0 saturated heterocycles. The summed E-state index contributed by atoms with van der Waals surface area (Å²) in [5, 5.41) is 10.2. The van der Waals surface area contributed by atoms with Gasteiger partial charge in [0.15, 0.2) is 5.69 Å². The minimum absolute atomic E-state index is 0.178. The summed E-state index contributed by atoms with van der Waals surface area (Å²) in [6.07, 6.45) is 1.79. The van der Waals surface area contributed by atoms with Gasteiger partial charge in [-0.1, -0.05) is 26.0 Å². The molecule has 0 aliphatic rings. The molecule has 5 heteroatoms. The van der Waals surface area contributed by atoms with E-state index in [1.807, 2.05) is 12.1 Å². The fourth-order valence-electron chi connectivity index (χ4n) is 1.99. The zero-order chi connectivity index (χ0) is 15.2. The summed E-state index contributed by atoms with van der Waals surface area (Å²) >= 11 is 0. The van der Waals surface area contributed by atoms with E-state index in [1.54, 1.807) is 24.0 Å². The van der Waals surface area contributed by atoms with Crippen LogP contribution in [0.2, 0.25) is 0 Å². The molecule has 0 radical (unpaired) electrons. The summed E-state index contributed by atoms with van der Waals surface area (Å²) in [5.41, 5.74) is 2.59. The fraction of sp³-hybridized carbons (Fsp3) is 0.375. The van der Waals surface area contributed by atoms with Crippen LogP contribution >= 0.6 is 0 Å². The first kappa shape index (κ1) is 15.3. The third-order valence-electron chi connectivity index (χ3n) is 3.13. The van der Waals surface area contributed by atoms with Crippen LogP contribution in [-0.2, 0) is 6.54 Å². The topological polar surface area (TPSA) is 59.0 Å². The molecule has 112 valence electrons. The second kappa shape index (κ2) is 7.04. The quantitative estimate of drug-likeness (QED) is 0.853. The molecule has 2 rings (SSSR count). The van der Waals surface area contributed by atoms with Gasteiger partial charge in [-0.15, -0.1) is 0 Å². The molecule has 2 N–H and O–H groups in total. The number of hydrogen-bond donors (Lipinski definition) is 2. The molecule has 0 aliphatic heterocycles. The third-order valence-corrected chi connectivity index (χ3v) is 3.13. The van der Waals surface area contributed by atoms with E-state index in [2.05, 4.69) is 41.7 Å². The van der Waals surface area contributed by atoms with Crippen LogP contribution in [0.4, 0.5) is 0 Å². The van der Waals surface area contributed by atoms with Crippen LogP contribution in [0.5, 0.6) is 0 Å². The van der Waals surface area contributed by atoms with Crippen molar-refractivity contribution in [3.8, 4) is 5.69 Å². The van der Waals surface area contributed by atoms with Gasteiger partial charge in [-0.05, 0) is 36.2 Å². The molecule has 0 fully saturated rings. The highest BCUT2D eigenvalue weighted by Gasteiger charge is 2.07. The molecule has 21 heavy (non-hydrogen) atoms. The monoisotopic (exact) mass is 286 g/mol. The van der Waals surface area contributed by atoms with Crippen LogP contribution < -0.4 is 10.6 Å². The van der Waals surface area contributed by atoms with Crippen molar-refractivity contribution in [1.82, 2.24) is 20.4 Å². The highest BCUT2D eigenvalue weighted by molar-refractivity contribution is 5.91. The Bertz CT molecular complexity index is 587. The van der Waals surface area contributed by atoms with Crippen molar-refractivity contribution in [3.05, 3.63) is 47.8 Å². The summed E-state index contributed by atoms with van der Waals surface area (Å²) < 4.78 is 1.70. The molecule has 1 amide bonds. The number of rotatable bonds is 6. The van der Waals surface area contributed by atoms with Crippen molar-refractivity contribution >= 4 is 5.91 Å². The highest BCUT2D eigenvalue weighted by Crippen LogP contribution is 2.10. The van der Waals surface area contributed by atoms with E-state index in [1.165, 1.54) is 5.56 Å². The normalized spacial score (nSPS) is 10.9. The summed E-state index contributed by atoms with van der Waals surface area (Å²) in [4.78, 5) is 11.5. The molecule has 0 aliphatic carbocycles. The lowest BCUT2D eigenvalue weighted by Crippen LogP contribution is -2.19. The van der Waals surface area contributed by atoms with Crippen molar-refractivity contribution in [3.63, 3.8) is 0 Å². The average Bonchev–Trinajstić information content (AvgIpc) is 2.96. The third kappa shape index (κ3) is 4.16. The van der Waals surface area contributed by atoms with Crippen LogP contribution in [0.25, 0.3) is 5.69 Å². The minimum atomic E-state index is -0.178. The van der Waals surface area contributed by atoms with E-state index in [0.717, 1.165) is 18.8 Å². The Hall–Kier alpha value is -2.14. The molecular formula is C16H22N4O. The Labute approximate surface area is 125 Å². The number of carbonyl (C=O) groups excluding carboxylic acids is 1. The number of amides is 1. The maximum absolute atomic E-state index is 11.5. The van der Waals surface area contributed by atoms with Crippen LogP contribution in [0.15, 0.2) is 36.5 Å². The number of nitrogens with one attached hydrogen (secondary N) is 2. The number of nitrogens with zero attached hydrogens (tertiary/aromatic N) is 2. The zero-order valence-corrected chi connectivity index (χ0v) is 12.8. The van der Waals surface area contributed by atoms with E-state index >= 15 is 0 Å². The van der Waals surface area contributed by atoms with Gasteiger partial charge in [0.1, 0.15) is 0 Å². The van der Waals surface area contributed by atoms with Gasteiger partial charge in [0.05, 0.1) is 5.69 Å². The largest absolute Gasteiger partial charge is 0.354 e. The molecule has 5 nitrogen and oxygen atoms in total. The van der Waals surface area contributed by atoms with Crippen molar-refractivity contribution in [2.45, 2.75) is 20.4 Å². The van der Waals surface area contributed by atoms with Gasteiger partial charge in [-0.25, -0.2) is 4.68 Å². The van der Waals surface area contributed by atoms with Gasteiger partial charge < -0.3 is 10.6 Å². The molecule has 0 atom stereocenters. The molecule has 0 unspecified atom stereocenters. The van der Waals surface area contributed by atoms with Crippen LogP contribution in [0.1, 0.15) is 29.9 Å². The number of aromatic nitrogens is 2. The Kier molecular flexibility index (Phi) is 5.11. The maximum Gasteiger partial charge on any atom is 0.271 e. The summed E-state index contributed by atoms with van der Waals surface area (Å²) in [6, 6.07) is 9.87. The predicted octanol–water partition coefficient (Wildman–Crippen LogP) is 1.98. The lowest BCUT2D eigenvalue weighted by Gasteiger charge is -2.08. The number of carbonyl (C=O) groups is 1. The average molecular weight is 286 g/mol. The van der Waals surface area contributed by atoms with E-state index in [-0.39, 0.29) is 5.91 Å². The van der Waals surface area contributed by atoms with Crippen molar-refractivity contribution < 1.29 is 4.79 Å². The van der Waals surface area contributed by atoms with Crippen LogP contribution in [0, 0.1) is 5.92 Å². The number of benzene rings is 1. The van der Waals surface area contributed by atoms with Gasteiger partial charge in [0.2, 0.25) is 0 Å². The molecule has 0 spiro atoms. The van der Waals surface area contributed by atoms with Gasteiger partial charge >= 0.3 is 0 Å². The van der Waals surface area contributed by atoms with E-state index in [9.17, 15) is 4.79 Å². The highest BCUT2D eigenvalue weighted by atomic mass is 16.1. The summed E-state index contributed by atoms with van der Waals surface area (Å²) in [7, 11) is 1.60. The second-order valence-corrected chi connectivity index (χ2v) is 5.42. The van der Waals surface area contributed by atoms with E-state index in [0.29, 0.717) is 11.6 Å². The molecule has 0 saturated carbocycles. The predicted molar refractivity (Wildman–Crippen MR) is 83.5 cm³/mol. The standard InChI is InChI=1S/C16H22N4O/c1-12(2)10-18-11-13-4-6-14(7-5-13)20-9-8-15(19-20)16(21)17-3/h4-9,12,18H,10-11H2,1-3H3,(H,17,21). The SMILES string of the molecule is CNC(=O)c1ccn(-c2ccc(CNCC(C)C)cc2)n1. The molecule has 2 aromatic rings. The van der Waals surface area contributed by atoms with Gasteiger partial charge in [0.25, 0.3) is 5.91 Å². The zero-order valence-electron chi connectivity index (χ0n) is 12.8. The smallest absolute Gasteiger partial charge is 0.271 e. The van der Waals surface area contributed by atoms with Crippen LogP contribution in [0.3, 0.4) is 0 Å². The lowest BCUT2D eigenvalue weighted by atomic mass is 10.2.